The van der Waals surface area contributed by atoms with Gasteiger partial charge in [0.1, 0.15) is 11.6 Å². The van der Waals surface area contributed by atoms with E-state index in [1.807, 2.05) is 13.8 Å². The molecule has 2 heterocycles. The van der Waals surface area contributed by atoms with E-state index in [2.05, 4.69) is 15.5 Å². The van der Waals surface area contributed by atoms with Crippen LogP contribution in [0.5, 0.6) is 0 Å². The molecule has 7 nitrogen and oxygen atoms in total. The number of aryl methyl sites for hydroxylation is 2. The van der Waals surface area contributed by atoms with Gasteiger partial charge >= 0.3 is 0 Å². The molecule has 18 heavy (non-hydrogen) atoms. The van der Waals surface area contributed by atoms with Gasteiger partial charge in [0.15, 0.2) is 0 Å². The summed E-state index contributed by atoms with van der Waals surface area (Å²) in [6.45, 7) is 4.13. The Morgan fingerprint density at radius 1 is 1.50 bits per heavy atom. The third-order valence-corrected chi connectivity index (χ3v) is 2.58. The van der Waals surface area contributed by atoms with Gasteiger partial charge in [-0.25, -0.2) is 4.98 Å². The lowest BCUT2D eigenvalue weighted by molar-refractivity contribution is -0.384. The molecule has 2 aromatic rings. The fourth-order valence-electron chi connectivity index (χ4n) is 1.56. The molecule has 7 heteroatoms. The van der Waals surface area contributed by atoms with E-state index in [0.29, 0.717) is 12.4 Å². The van der Waals surface area contributed by atoms with Crippen molar-refractivity contribution in [1.29, 1.82) is 0 Å². The molecule has 2 aromatic heterocycles. The summed E-state index contributed by atoms with van der Waals surface area (Å²) in [7, 11) is 0. The standard InChI is InChI=1S/C11H12N4O3/c1-7-10(8(2)18-14-7)6-13-11-5-9(15(16)17)3-4-12-11/h3-5H,6H2,1-2H3,(H,12,13). The topological polar surface area (TPSA) is 94.1 Å². The Morgan fingerprint density at radius 3 is 2.89 bits per heavy atom. The van der Waals surface area contributed by atoms with Gasteiger partial charge in [-0.15, -0.1) is 0 Å². The van der Waals surface area contributed by atoms with Crippen molar-refractivity contribution >= 4 is 11.5 Å². The molecule has 0 amide bonds. The Labute approximate surface area is 103 Å². The van der Waals surface area contributed by atoms with Crippen molar-refractivity contribution in [3.05, 3.63) is 45.5 Å². The van der Waals surface area contributed by atoms with Crippen LogP contribution >= 0.6 is 0 Å². The lowest BCUT2D eigenvalue weighted by Crippen LogP contribution is -2.03. The minimum absolute atomic E-state index is 0.00580. The number of nitrogens with one attached hydrogen (secondary N) is 1. The normalized spacial score (nSPS) is 10.3. The summed E-state index contributed by atoms with van der Waals surface area (Å²) < 4.78 is 5.03. The highest BCUT2D eigenvalue weighted by molar-refractivity contribution is 5.44. The molecule has 0 aliphatic heterocycles. The third kappa shape index (κ3) is 2.45. The van der Waals surface area contributed by atoms with Gasteiger partial charge in [0.2, 0.25) is 0 Å². The smallest absolute Gasteiger partial charge is 0.274 e. The molecule has 0 radical (unpaired) electrons. The van der Waals surface area contributed by atoms with Crippen molar-refractivity contribution < 1.29 is 9.45 Å². The quantitative estimate of drug-likeness (QED) is 0.658. The lowest BCUT2D eigenvalue weighted by atomic mass is 10.2. The van der Waals surface area contributed by atoms with Crippen molar-refractivity contribution in [2.75, 3.05) is 5.32 Å². The maximum Gasteiger partial charge on any atom is 0.274 e. The van der Waals surface area contributed by atoms with E-state index >= 15 is 0 Å². The average Bonchev–Trinajstić information content (AvgIpc) is 2.67. The maximum atomic E-state index is 10.6. The summed E-state index contributed by atoms with van der Waals surface area (Å²) in [5.41, 5.74) is 1.74. The molecule has 94 valence electrons. The second-order valence-corrected chi connectivity index (χ2v) is 3.81. The number of hydrogen-bond acceptors (Lipinski definition) is 6. The second kappa shape index (κ2) is 4.82. The van der Waals surface area contributed by atoms with Gasteiger partial charge in [0.25, 0.3) is 5.69 Å². The number of hydrogen-bond donors (Lipinski definition) is 1. The lowest BCUT2D eigenvalue weighted by Gasteiger charge is -2.04. The van der Waals surface area contributed by atoms with Crippen LogP contribution in [0.1, 0.15) is 17.0 Å². The first-order valence-corrected chi connectivity index (χ1v) is 5.34. The zero-order chi connectivity index (χ0) is 13.1. The predicted octanol–water partition coefficient (Wildman–Crippen LogP) is 2.21. The molecule has 0 fully saturated rings. The SMILES string of the molecule is Cc1noc(C)c1CNc1cc([N+](=O)[O-])ccn1. The first-order valence-electron chi connectivity index (χ1n) is 5.34. The molecule has 0 bridgehead atoms. The van der Waals surface area contributed by atoms with Gasteiger partial charge in [-0.3, -0.25) is 10.1 Å². The summed E-state index contributed by atoms with van der Waals surface area (Å²) in [5, 5.41) is 17.5. The predicted molar refractivity (Wildman–Crippen MR) is 64.2 cm³/mol. The van der Waals surface area contributed by atoms with Crippen LogP contribution in [-0.2, 0) is 6.54 Å². The monoisotopic (exact) mass is 248 g/mol. The minimum atomic E-state index is -0.456. The van der Waals surface area contributed by atoms with Crippen LogP contribution in [0.4, 0.5) is 11.5 Å². The van der Waals surface area contributed by atoms with E-state index in [4.69, 9.17) is 4.52 Å². The summed E-state index contributed by atoms with van der Waals surface area (Å²) in [6.07, 6.45) is 1.40. The third-order valence-electron chi connectivity index (χ3n) is 2.58. The van der Waals surface area contributed by atoms with E-state index in [0.717, 1.165) is 17.0 Å². The van der Waals surface area contributed by atoms with Gasteiger partial charge in [-0.1, -0.05) is 5.16 Å². The first kappa shape index (κ1) is 12.0. The van der Waals surface area contributed by atoms with Crippen molar-refractivity contribution in [2.45, 2.75) is 20.4 Å². The number of rotatable bonds is 4. The van der Waals surface area contributed by atoms with Gasteiger partial charge < -0.3 is 9.84 Å². The second-order valence-electron chi connectivity index (χ2n) is 3.81. The number of anilines is 1. The van der Waals surface area contributed by atoms with Crippen LogP contribution in [0.15, 0.2) is 22.9 Å². The van der Waals surface area contributed by atoms with Crippen molar-refractivity contribution in [3.63, 3.8) is 0 Å². The average molecular weight is 248 g/mol. The highest BCUT2D eigenvalue weighted by Gasteiger charge is 2.10. The van der Waals surface area contributed by atoms with Crippen LogP contribution in [0.25, 0.3) is 0 Å². The van der Waals surface area contributed by atoms with E-state index in [9.17, 15) is 10.1 Å². The molecule has 0 unspecified atom stereocenters. The minimum Gasteiger partial charge on any atom is -0.366 e. The summed E-state index contributed by atoms with van der Waals surface area (Å²) >= 11 is 0. The van der Waals surface area contributed by atoms with Crippen LogP contribution in [-0.4, -0.2) is 15.1 Å². The molecule has 0 aliphatic carbocycles. The Morgan fingerprint density at radius 2 is 2.28 bits per heavy atom. The molecule has 0 aliphatic rings. The zero-order valence-electron chi connectivity index (χ0n) is 10.0. The fourth-order valence-corrected chi connectivity index (χ4v) is 1.56. The number of aromatic nitrogens is 2. The molecular weight excluding hydrogens is 236 g/mol. The van der Waals surface area contributed by atoms with Crippen molar-refractivity contribution in [2.24, 2.45) is 0 Å². The van der Waals surface area contributed by atoms with Crippen LogP contribution < -0.4 is 5.32 Å². The Bertz CT molecular complexity index is 560. The highest BCUT2D eigenvalue weighted by Crippen LogP contribution is 2.17. The Kier molecular flexibility index (Phi) is 3.22. The maximum absolute atomic E-state index is 10.6. The first-order chi connectivity index (χ1) is 8.58. The Hall–Kier alpha value is -2.44. The van der Waals surface area contributed by atoms with Gasteiger partial charge in [-0.2, -0.15) is 0 Å². The van der Waals surface area contributed by atoms with Crippen LogP contribution in [0.3, 0.4) is 0 Å². The zero-order valence-corrected chi connectivity index (χ0v) is 10.0. The number of pyridine rings is 1. The molecule has 0 aromatic carbocycles. The van der Waals surface area contributed by atoms with E-state index in [1.54, 1.807) is 0 Å². The molecule has 0 saturated carbocycles. The molecule has 0 atom stereocenters. The van der Waals surface area contributed by atoms with Crippen LogP contribution in [0.2, 0.25) is 0 Å². The van der Waals surface area contributed by atoms with Crippen LogP contribution in [0, 0.1) is 24.0 Å². The van der Waals surface area contributed by atoms with E-state index < -0.39 is 4.92 Å². The van der Waals surface area contributed by atoms with Crippen molar-refractivity contribution in [3.8, 4) is 0 Å². The van der Waals surface area contributed by atoms with E-state index in [-0.39, 0.29) is 5.69 Å². The largest absolute Gasteiger partial charge is 0.366 e. The molecule has 0 spiro atoms. The van der Waals surface area contributed by atoms with Gasteiger partial charge in [-0.05, 0) is 13.8 Å². The summed E-state index contributed by atoms with van der Waals surface area (Å²) in [5.74, 6) is 1.18. The molecule has 2 rings (SSSR count). The molecule has 0 saturated heterocycles. The van der Waals surface area contributed by atoms with E-state index in [1.165, 1.54) is 18.3 Å². The highest BCUT2D eigenvalue weighted by atomic mass is 16.6. The van der Waals surface area contributed by atoms with Gasteiger partial charge in [0, 0.05) is 24.4 Å². The fraction of sp³-hybridized carbons (Fsp3) is 0.273. The Balaban J connectivity index is 2.11. The summed E-state index contributed by atoms with van der Waals surface area (Å²) in [4.78, 5) is 14.2. The molecular formula is C11H12N4O3. The number of nitrogens with zero attached hydrogens (tertiary/aromatic N) is 3. The van der Waals surface area contributed by atoms with Gasteiger partial charge in [0.05, 0.1) is 16.7 Å². The van der Waals surface area contributed by atoms with Crippen molar-refractivity contribution in [1.82, 2.24) is 10.1 Å². The summed E-state index contributed by atoms with van der Waals surface area (Å²) in [6, 6.07) is 2.74. The molecule has 1 N–H and O–H groups in total. The number of nitro groups is 1.